The van der Waals surface area contributed by atoms with E-state index in [1.54, 1.807) is 31.2 Å². The van der Waals surface area contributed by atoms with Crippen molar-refractivity contribution in [3.63, 3.8) is 0 Å². The molecule has 1 unspecified atom stereocenters. The first-order valence-electron chi connectivity index (χ1n) is 15.6. The summed E-state index contributed by atoms with van der Waals surface area (Å²) in [6.45, 7) is 5.05. The molecule has 5 rings (SSSR count). The van der Waals surface area contributed by atoms with Crippen LogP contribution in [-0.4, -0.2) is 58.9 Å². The summed E-state index contributed by atoms with van der Waals surface area (Å²) in [7, 11) is -8.62. The number of carbonyl (C=O) groups is 2. The van der Waals surface area contributed by atoms with Crippen molar-refractivity contribution in [1.29, 1.82) is 0 Å². The Balaban J connectivity index is 1.57. The third-order valence-electron chi connectivity index (χ3n) is 8.13. The average molecular weight is 711 g/mol. The van der Waals surface area contributed by atoms with Crippen LogP contribution in [0.3, 0.4) is 0 Å². The molecule has 3 N–H and O–H groups in total. The molecule has 3 aromatic carbocycles. The first-order valence-corrected chi connectivity index (χ1v) is 18.9. The zero-order chi connectivity index (χ0) is 35.6. The van der Waals surface area contributed by atoms with E-state index in [1.807, 2.05) is 44.2 Å². The van der Waals surface area contributed by atoms with Gasteiger partial charge in [0.05, 0.1) is 30.8 Å². The lowest BCUT2D eigenvalue weighted by Gasteiger charge is -2.39. The third-order valence-corrected chi connectivity index (χ3v) is 10.6. The molecular formula is C34H38N4O9S2. The average Bonchev–Trinajstić information content (AvgIpc) is 3.04. The first-order chi connectivity index (χ1) is 23.2. The van der Waals surface area contributed by atoms with E-state index in [0.29, 0.717) is 17.5 Å². The van der Waals surface area contributed by atoms with Gasteiger partial charge in [-0.2, -0.15) is 13.9 Å². The Bertz CT molecular complexity index is 2050. The number of esters is 1. The summed E-state index contributed by atoms with van der Waals surface area (Å²) in [5.74, 6) is -2.19. The molecule has 3 aromatic rings. The molecule has 13 nitrogen and oxygen atoms in total. The van der Waals surface area contributed by atoms with Gasteiger partial charge >= 0.3 is 5.97 Å². The Kier molecular flexibility index (Phi) is 10.3. The summed E-state index contributed by atoms with van der Waals surface area (Å²) < 4.78 is 62.1. The lowest BCUT2D eigenvalue weighted by atomic mass is 9.71. The van der Waals surface area contributed by atoms with E-state index in [0.717, 1.165) is 22.2 Å². The fraction of sp³-hybridized carbons (Fsp3) is 0.324. The SMILES string of the molecule is CCOC(=O)CN(c1ccc2c(c1)S(=O)(=O)N=C(C1=C(O)c3ccccc3C(CCC(C)C)(NOCc3ccccc3)C1=O)N2)S(C)(=O)=O. The molecule has 15 heteroatoms. The minimum absolute atomic E-state index is 0.0219. The molecule has 49 heavy (non-hydrogen) atoms. The van der Waals surface area contributed by atoms with Crippen LogP contribution in [0, 0.1) is 5.92 Å². The van der Waals surface area contributed by atoms with Crippen LogP contribution in [0.1, 0.15) is 50.3 Å². The van der Waals surface area contributed by atoms with Gasteiger partial charge in [-0.3, -0.25) is 18.7 Å². The Morgan fingerprint density at radius 1 is 1.08 bits per heavy atom. The molecule has 260 valence electrons. The van der Waals surface area contributed by atoms with Crippen molar-refractivity contribution < 1.29 is 41.1 Å². The number of fused-ring (bicyclic) bond motifs is 2. The molecule has 0 radical (unpaired) electrons. The number of nitrogens with zero attached hydrogens (tertiary/aromatic N) is 2. The number of hydroxylamine groups is 1. The number of aliphatic hydroxyl groups is 1. The van der Waals surface area contributed by atoms with Gasteiger partial charge < -0.3 is 15.2 Å². The number of amidine groups is 1. The maximum absolute atomic E-state index is 14.7. The molecule has 0 saturated carbocycles. The van der Waals surface area contributed by atoms with Crippen molar-refractivity contribution in [2.24, 2.45) is 10.3 Å². The standard InChI is InChI=1S/C34H38N4O9S2/c1-5-46-29(39)20-38(48(4,42)43)24-15-16-27-28(19-24)49(44,45)36-33(35-27)30-31(40)25-13-9-10-14-26(25)34(32(30)41,18-17-22(2)3)37-47-21-23-11-7-6-8-12-23/h6-16,19,22,37,40H,5,17-18,20-21H2,1-4H3,(H,35,36). The normalized spacial score (nSPS) is 18.3. The molecule has 0 aromatic heterocycles. The minimum atomic E-state index is -4.58. The molecule has 1 heterocycles. The highest BCUT2D eigenvalue weighted by Crippen LogP contribution is 2.43. The van der Waals surface area contributed by atoms with Gasteiger partial charge in [-0.15, -0.1) is 4.40 Å². The predicted octanol–water partition coefficient (Wildman–Crippen LogP) is 4.43. The number of benzene rings is 3. The van der Waals surface area contributed by atoms with Gasteiger partial charge in [-0.1, -0.05) is 68.4 Å². The van der Waals surface area contributed by atoms with Crippen LogP contribution in [0.4, 0.5) is 11.4 Å². The summed E-state index contributed by atoms with van der Waals surface area (Å²) >= 11 is 0. The fourth-order valence-corrected chi connectivity index (χ4v) is 7.70. The molecule has 0 fully saturated rings. The molecule has 1 aliphatic carbocycles. The van der Waals surface area contributed by atoms with Gasteiger partial charge in [0, 0.05) is 5.56 Å². The quantitative estimate of drug-likeness (QED) is 0.169. The Morgan fingerprint density at radius 3 is 2.45 bits per heavy atom. The van der Waals surface area contributed by atoms with Crippen LogP contribution in [-0.2, 0) is 51.4 Å². The highest BCUT2D eigenvalue weighted by Gasteiger charge is 2.50. The number of hydrogen-bond acceptors (Lipinski definition) is 11. The largest absolute Gasteiger partial charge is 0.506 e. The molecule has 0 bridgehead atoms. The third kappa shape index (κ3) is 7.39. The Labute approximate surface area is 285 Å². The Morgan fingerprint density at radius 2 is 1.78 bits per heavy atom. The van der Waals surface area contributed by atoms with Crippen LogP contribution in [0.15, 0.2) is 87.7 Å². The number of ketones is 1. The van der Waals surface area contributed by atoms with Crippen molar-refractivity contribution in [2.45, 2.75) is 50.7 Å². The highest BCUT2D eigenvalue weighted by molar-refractivity contribution is 7.92. The van der Waals surface area contributed by atoms with E-state index in [1.165, 1.54) is 12.1 Å². The van der Waals surface area contributed by atoms with E-state index in [-0.39, 0.29) is 42.5 Å². The zero-order valence-electron chi connectivity index (χ0n) is 27.5. The zero-order valence-corrected chi connectivity index (χ0v) is 29.1. The van der Waals surface area contributed by atoms with Crippen LogP contribution in [0.2, 0.25) is 0 Å². The number of anilines is 2. The first kappa shape index (κ1) is 35.7. The number of carbonyl (C=O) groups excluding carboxylic acids is 2. The molecule has 1 atom stereocenters. The molecule has 2 aliphatic rings. The maximum Gasteiger partial charge on any atom is 0.326 e. The number of sulfonamides is 2. The number of ether oxygens (including phenoxy) is 1. The fourth-order valence-electron chi connectivity index (χ4n) is 5.72. The van der Waals surface area contributed by atoms with Crippen molar-refractivity contribution in [3.05, 3.63) is 95.1 Å². The summed E-state index contributed by atoms with van der Waals surface area (Å²) in [6.07, 6.45) is 1.69. The van der Waals surface area contributed by atoms with Gasteiger partial charge in [0.15, 0.2) is 11.6 Å². The highest BCUT2D eigenvalue weighted by atomic mass is 32.2. The second-order valence-electron chi connectivity index (χ2n) is 12.1. The van der Waals surface area contributed by atoms with E-state index in [9.17, 15) is 31.5 Å². The summed E-state index contributed by atoms with van der Waals surface area (Å²) in [5, 5.41) is 14.4. The van der Waals surface area contributed by atoms with Crippen LogP contribution in [0.5, 0.6) is 0 Å². The lowest BCUT2D eigenvalue weighted by Crippen LogP contribution is -2.53. The second kappa shape index (κ2) is 14.1. The van der Waals surface area contributed by atoms with E-state index in [2.05, 4.69) is 15.2 Å². The van der Waals surface area contributed by atoms with Crippen molar-refractivity contribution in [3.8, 4) is 0 Å². The Hall–Kier alpha value is -4.57. The van der Waals surface area contributed by atoms with Gasteiger partial charge in [-0.05, 0) is 55.0 Å². The van der Waals surface area contributed by atoms with Gasteiger partial charge in [0.25, 0.3) is 10.0 Å². The monoisotopic (exact) mass is 710 g/mol. The minimum Gasteiger partial charge on any atom is -0.506 e. The number of rotatable bonds is 13. The van der Waals surface area contributed by atoms with Crippen LogP contribution in [0.25, 0.3) is 5.76 Å². The molecular weight excluding hydrogens is 673 g/mol. The van der Waals surface area contributed by atoms with Crippen molar-refractivity contribution >= 4 is 54.8 Å². The summed E-state index contributed by atoms with van der Waals surface area (Å²) in [4.78, 5) is 32.4. The smallest absolute Gasteiger partial charge is 0.326 e. The summed E-state index contributed by atoms with van der Waals surface area (Å²) in [5.41, 5.74) is 2.58. The number of nitrogens with one attached hydrogen (secondary N) is 2. The topological polar surface area (TPSA) is 181 Å². The second-order valence-corrected chi connectivity index (χ2v) is 15.6. The number of Topliss-reactive ketones (excluding diaryl/α,β-unsaturated/α-hetero) is 1. The molecule has 1 aliphatic heterocycles. The molecule has 0 amide bonds. The summed E-state index contributed by atoms with van der Waals surface area (Å²) in [6, 6.07) is 19.8. The number of hydrogen-bond donors (Lipinski definition) is 3. The predicted molar refractivity (Wildman–Crippen MR) is 185 cm³/mol. The van der Waals surface area contributed by atoms with E-state index < -0.39 is 60.4 Å². The maximum atomic E-state index is 14.7. The van der Waals surface area contributed by atoms with Crippen LogP contribution < -0.4 is 15.1 Å². The molecule has 0 saturated heterocycles. The van der Waals surface area contributed by atoms with Crippen LogP contribution >= 0.6 is 0 Å². The lowest BCUT2D eigenvalue weighted by molar-refractivity contribution is -0.141. The number of aliphatic hydroxyl groups excluding tert-OH is 1. The van der Waals surface area contributed by atoms with Crippen molar-refractivity contribution in [1.82, 2.24) is 5.48 Å². The van der Waals surface area contributed by atoms with Crippen molar-refractivity contribution in [2.75, 3.05) is 29.0 Å². The van der Waals surface area contributed by atoms with E-state index in [4.69, 9.17) is 9.57 Å². The molecule has 0 spiro atoms. The van der Waals surface area contributed by atoms with Gasteiger partial charge in [-0.25, -0.2) is 8.42 Å². The van der Waals surface area contributed by atoms with E-state index >= 15 is 0 Å². The van der Waals surface area contributed by atoms with Gasteiger partial charge in [0.1, 0.15) is 28.3 Å². The van der Waals surface area contributed by atoms with Gasteiger partial charge in [0.2, 0.25) is 10.0 Å².